The van der Waals surface area contributed by atoms with Crippen molar-refractivity contribution in [3.05, 3.63) is 325 Å². The van der Waals surface area contributed by atoms with Crippen LogP contribution in [0.1, 0.15) is 243 Å². The minimum atomic E-state index is 0. The Morgan fingerprint density at radius 2 is 0.328 bits per heavy atom. The molecule has 3 aromatic heterocycles. The average molecular weight is 1790 g/mol. The summed E-state index contributed by atoms with van der Waals surface area (Å²) >= 11 is 0. The minimum Gasteiger partial charge on any atom is -0.340 e. The summed E-state index contributed by atoms with van der Waals surface area (Å²) in [6.07, 6.45) is 46.4. The van der Waals surface area contributed by atoms with Gasteiger partial charge in [-0.25, -0.2) is 0 Å². The molecule has 15 heteroatoms. The number of para-hydroxylation sites is 6. The van der Waals surface area contributed by atoms with E-state index in [1.807, 2.05) is 219 Å². The van der Waals surface area contributed by atoms with Gasteiger partial charge >= 0.3 is 0 Å². The molecule has 0 amide bonds. The molecule has 0 aliphatic carbocycles. The van der Waals surface area contributed by atoms with Gasteiger partial charge in [0.05, 0.1) is 71.4 Å². The summed E-state index contributed by atoms with van der Waals surface area (Å²) in [6.45, 7) is 9.94. The van der Waals surface area contributed by atoms with Crippen molar-refractivity contribution in [1.82, 2.24) is 13.7 Å². The van der Waals surface area contributed by atoms with Crippen LogP contribution in [0.15, 0.2) is 322 Å². The maximum atomic E-state index is 4.74. The molecule has 0 aliphatic rings. The second-order valence-electron chi connectivity index (χ2n) is 34.9. The summed E-state index contributed by atoms with van der Waals surface area (Å²) in [6, 6.07) is 102. The van der Waals surface area contributed by atoms with Gasteiger partial charge in [0.25, 0.3) is 0 Å². The van der Waals surface area contributed by atoms with Crippen LogP contribution in [0.4, 0.5) is 34.1 Å². The molecule has 15 rings (SSSR count). The third-order valence-corrected chi connectivity index (χ3v) is 25.0. The zero-order valence-corrected chi connectivity index (χ0v) is 79.4. The second-order valence-corrected chi connectivity index (χ2v) is 34.9. The van der Waals surface area contributed by atoms with Gasteiger partial charge in [0.2, 0.25) is 0 Å². The molecule has 0 saturated carbocycles. The van der Waals surface area contributed by atoms with E-state index in [2.05, 4.69) is 216 Å². The standard InChI is InChI=1S/C41H51N5.C40H49N5.C35H39N5.3CH4/c1-4-5-6-7-8-9-10-11-12-13-20-29-46-40-27-25-34(32-42-44(2)36-21-16-14-17-22-36)30-38(40)39-31-35(26-28-41(39)46)33-43-45(3)37-23-18-15-19-24-37;1-4-5-6-7-8-9-10-11-12-19-28-45-39-26-24-33(31-41-43(2)35-20-15-13-16-21-35)29-37(39)38-30-34(25-27-40(38)45)32-42-44(3)36-22-17-14-18-23-36;1-4-5-6-7-14-23-40-34-21-19-28(26-36-38(2)30-15-10-8-11-16-30)24-32(34)33-25-29(20-22-35(33)40)27-37-39(3)31-17-12-9-13-18-31;;;/h14-19,21-28,30-33H,4-13,20,29H2,1-3H3;13-18,20-27,29-32H,4-12,19,28H2,1-3H3;8-13,15-22,24-27H,4-7,14,23H2,1-3H3;3*1H4/b42-32+,43-33+;41-31+,42-32+;36-26+,37-27+;;;. The molecule has 0 N–H and O–H groups in total. The lowest BCUT2D eigenvalue weighted by molar-refractivity contribution is 0.537. The van der Waals surface area contributed by atoms with E-state index in [0.29, 0.717) is 0 Å². The van der Waals surface area contributed by atoms with Crippen LogP contribution in [0.3, 0.4) is 0 Å². The predicted molar refractivity (Wildman–Crippen MR) is 590 cm³/mol. The molecule has 0 radical (unpaired) electrons. The number of benzene rings is 12. The Hall–Kier alpha value is -13.1. The number of anilines is 6. The summed E-state index contributed by atoms with van der Waals surface area (Å²) in [4.78, 5) is 0. The van der Waals surface area contributed by atoms with Crippen molar-refractivity contribution in [2.75, 3.05) is 72.3 Å². The van der Waals surface area contributed by atoms with E-state index in [-0.39, 0.29) is 22.3 Å². The van der Waals surface area contributed by atoms with E-state index in [1.54, 1.807) is 0 Å². The first-order chi connectivity index (χ1) is 64.4. The number of unbranched alkanes of at least 4 members (excludes halogenated alkanes) is 23. The van der Waals surface area contributed by atoms with Crippen molar-refractivity contribution in [2.24, 2.45) is 30.6 Å². The summed E-state index contributed by atoms with van der Waals surface area (Å²) in [5, 5.41) is 47.4. The van der Waals surface area contributed by atoms with Crippen LogP contribution in [-0.2, 0) is 19.6 Å². The first kappa shape index (κ1) is 103. The Bertz CT molecular complexity index is 5790. The van der Waals surface area contributed by atoms with Crippen LogP contribution in [0.5, 0.6) is 0 Å². The van der Waals surface area contributed by atoms with Gasteiger partial charge in [0.1, 0.15) is 0 Å². The van der Waals surface area contributed by atoms with E-state index in [9.17, 15) is 0 Å². The largest absolute Gasteiger partial charge is 0.340 e. The first-order valence-electron chi connectivity index (χ1n) is 48.6. The summed E-state index contributed by atoms with van der Waals surface area (Å²) < 4.78 is 7.53. The SMILES string of the molecule is C.C.C.CCCCCCCCCCCCCn1c2ccc(/C=N/N(C)c3ccccc3)cc2c2cc(/C=N/N(C)c3ccccc3)ccc21.CCCCCCCCCCCCn1c2ccc(/C=N/N(C)c3ccccc3)cc2c2cc(/C=N/N(C)c3ccccc3)ccc21.CCCCCCCn1c2ccc(/C=N/N(C)c3ccccc3)cc2c2cc(/C=N/N(C)c3ccccc3)ccc21. The molecule has 0 bridgehead atoms. The number of aryl methyl sites for hydroxylation is 3. The molecule has 0 spiro atoms. The number of aromatic nitrogens is 3. The molecule has 134 heavy (non-hydrogen) atoms. The monoisotopic (exact) mass is 1790 g/mol. The van der Waals surface area contributed by atoms with E-state index in [0.717, 1.165) is 87.1 Å². The lowest BCUT2D eigenvalue weighted by Crippen LogP contribution is -2.08. The zero-order chi connectivity index (χ0) is 91.0. The highest BCUT2D eigenvalue weighted by Crippen LogP contribution is 2.36. The van der Waals surface area contributed by atoms with Crippen LogP contribution >= 0.6 is 0 Å². The van der Waals surface area contributed by atoms with Crippen molar-refractivity contribution in [2.45, 2.75) is 230 Å². The Morgan fingerprint density at radius 3 is 0.478 bits per heavy atom. The van der Waals surface area contributed by atoms with Crippen molar-refractivity contribution in [3.8, 4) is 0 Å². The van der Waals surface area contributed by atoms with Crippen molar-refractivity contribution in [1.29, 1.82) is 0 Å². The van der Waals surface area contributed by atoms with Crippen LogP contribution in [0.2, 0.25) is 0 Å². The average Bonchev–Trinajstić information content (AvgIpc) is 1.61. The number of hydrogen-bond donors (Lipinski definition) is 0. The van der Waals surface area contributed by atoms with E-state index in [4.69, 9.17) is 30.6 Å². The summed E-state index contributed by atoms with van der Waals surface area (Å²) in [5.74, 6) is 0. The number of fused-ring (bicyclic) bond motifs is 9. The Kier molecular flexibility index (Phi) is 42.6. The summed E-state index contributed by atoms with van der Waals surface area (Å²) in [5.41, 5.74) is 20.6. The van der Waals surface area contributed by atoms with Gasteiger partial charge in [-0.2, -0.15) is 30.6 Å². The van der Waals surface area contributed by atoms with Crippen LogP contribution < -0.4 is 30.1 Å². The molecule has 0 atom stereocenters. The number of rotatable bonds is 47. The van der Waals surface area contributed by atoms with Crippen molar-refractivity contribution < 1.29 is 0 Å². The topological polar surface area (TPSA) is 108 Å². The van der Waals surface area contributed by atoms with Gasteiger partial charge in [-0.1, -0.05) is 336 Å². The molecule has 0 saturated heterocycles. The molecular weight excluding hydrogens is 1640 g/mol. The molecule has 0 aliphatic heterocycles. The number of nitrogens with zero attached hydrogens (tertiary/aromatic N) is 15. The van der Waals surface area contributed by atoms with Crippen LogP contribution in [-0.4, -0.2) is 93.3 Å². The first-order valence-corrected chi connectivity index (χ1v) is 48.6. The van der Waals surface area contributed by atoms with Gasteiger partial charge in [-0.05, 0) is 198 Å². The maximum absolute atomic E-state index is 4.74. The maximum Gasteiger partial charge on any atom is 0.0590 e. The van der Waals surface area contributed by atoms with Crippen molar-refractivity contribution in [3.63, 3.8) is 0 Å². The molecule has 15 aromatic rings. The molecular formula is C119H151N15. The molecule has 15 nitrogen and oxygen atoms in total. The normalized spacial score (nSPS) is 11.5. The molecule has 12 aromatic carbocycles. The Morgan fingerprint density at radius 1 is 0.187 bits per heavy atom. The third kappa shape index (κ3) is 29.9. The minimum absolute atomic E-state index is 0. The smallest absolute Gasteiger partial charge is 0.0590 e. The zero-order valence-electron chi connectivity index (χ0n) is 79.4. The van der Waals surface area contributed by atoms with Gasteiger partial charge in [0, 0.05) is 127 Å². The molecule has 3 heterocycles. The Balaban J connectivity index is 0.000000206. The van der Waals surface area contributed by atoms with E-state index >= 15 is 0 Å². The fourth-order valence-corrected chi connectivity index (χ4v) is 17.4. The fourth-order valence-electron chi connectivity index (χ4n) is 17.4. The highest BCUT2D eigenvalue weighted by Gasteiger charge is 2.18. The van der Waals surface area contributed by atoms with E-state index in [1.165, 1.54) is 232 Å². The van der Waals surface area contributed by atoms with E-state index < -0.39 is 0 Å². The molecule has 0 unspecified atom stereocenters. The molecule has 0 fully saturated rings. The number of hydrogen-bond acceptors (Lipinski definition) is 12. The highest BCUT2D eigenvalue weighted by molar-refractivity contribution is 6.13. The summed E-state index contributed by atoms with van der Waals surface area (Å²) in [7, 11) is 11.9. The van der Waals surface area contributed by atoms with Crippen LogP contribution in [0, 0.1) is 0 Å². The van der Waals surface area contributed by atoms with Gasteiger partial charge in [0.15, 0.2) is 0 Å². The lowest BCUT2D eigenvalue weighted by atomic mass is 10.1. The highest BCUT2D eigenvalue weighted by atomic mass is 15.5. The Labute approximate surface area is 802 Å². The van der Waals surface area contributed by atoms with Gasteiger partial charge in [-0.3, -0.25) is 30.1 Å². The van der Waals surface area contributed by atoms with Gasteiger partial charge in [-0.15, -0.1) is 0 Å². The quantitative estimate of drug-likeness (QED) is 0.0214. The van der Waals surface area contributed by atoms with Crippen LogP contribution in [0.25, 0.3) is 65.4 Å². The second kappa shape index (κ2) is 55.4. The van der Waals surface area contributed by atoms with Crippen molar-refractivity contribution >= 4 is 137 Å². The third-order valence-electron chi connectivity index (χ3n) is 25.0. The van der Waals surface area contributed by atoms with Gasteiger partial charge < -0.3 is 13.7 Å². The predicted octanol–water partition coefficient (Wildman–Crippen LogP) is 32.3. The lowest BCUT2D eigenvalue weighted by Gasteiger charge is -2.12. The number of hydrazone groups is 6. The molecule has 702 valence electrons. The fraction of sp³-hybridized carbons (Fsp3) is 0.345.